The molecule has 4 rings (SSSR count). The number of hydrogen-bond acceptors (Lipinski definition) is 4. The number of carbonyl (C=O) groups excluding carboxylic acids is 1. The van der Waals surface area contributed by atoms with Gasteiger partial charge in [-0.3, -0.25) is 4.79 Å². The van der Waals surface area contributed by atoms with Crippen LogP contribution >= 0.6 is 34.8 Å². The summed E-state index contributed by atoms with van der Waals surface area (Å²) in [6.07, 6.45) is 0. The molecule has 0 saturated heterocycles. The van der Waals surface area contributed by atoms with E-state index in [9.17, 15) is 9.90 Å². The van der Waals surface area contributed by atoms with Gasteiger partial charge >= 0.3 is 0 Å². The van der Waals surface area contributed by atoms with Crippen molar-refractivity contribution in [3.63, 3.8) is 0 Å². The van der Waals surface area contributed by atoms with E-state index in [1.54, 1.807) is 43.3 Å². The van der Waals surface area contributed by atoms with Crippen LogP contribution in [0, 0.1) is 0 Å². The van der Waals surface area contributed by atoms with E-state index in [1.165, 1.54) is 6.07 Å². The molecule has 1 amide bonds. The molecule has 2 N–H and O–H groups in total. The van der Waals surface area contributed by atoms with Gasteiger partial charge in [0.25, 0.3) is 5.91 Å². The number of nitrogens with one attached hydrogen (secondary N) is 1. The van der Waals surface area contributed by atoms with E-state index in [1.807, 2.05) is 24.3 Å². The zero-order chi connectivity index (χ0) is 22.8. The van der Waals surface area contributed by atoms with Gasteiger partial charge in [-0.2, -0.15) is 5.10 Å². The fraction of sp³-hybridized carbons (Fsp3) is 0.0417. The third-order valence-corrected chi connectivity index (χ3v) is 5.62. The van der Waals surface area contributed by atoms with E-state index >= 15 is 0 Å². The largest absolute Gasteiger partial charge is 0.507 e. The van der Waals surface area contributed by atoms with E-state index in [0.717, 1.165) is 0 Å². The maximum absolute atomic E-state index is 13.1. The normalized spacial score (nSPS) is 11.6. The standard InChI is InChI=1S/C24H16Cl3N3O2/c1-13(18-10-14(25)7-9-23(18)31)29-30-24(32)19-12-22(17-8-6-15(26)11-20(17)27)28-21-5-3-2-4-16(19)21/h2-12,31H,1H3,(H,30,32). The lowest BCUT2D eigenvalue weighted by Crippen LogP contribution is -2.20. The first-order valence-electron chi connectivity index (χ1n) is 9.52. The Hall–Kier alpha value is -3.12. The molecule has 32 heavy (non-hydrogen) atoms. The van der Waals surface area contributed by atoms with Crippen LogP contribution in [-0.2, 0) is 0 Å². The quantitative estimate of drug-likeness (QED) is 0.249. The number of rotatable bonds is 4. The number of hydrazone groups is 1. The maximum Gasteiger partial charge on any atom is 0.272 e. The molecule has 0 radical (unpaired) electrons. The molecule has 1 aromatic heterocycles. The Morgan fingerprint density at radius 3 is 2.44 bits per heavy atom. The third kappa shape index (κ3) is 4.55. The van der Waals surface area contributed by atoms with E-state index in [2.05, 4.69) is 15.5 Å². The molecule has 0 aliphatic carbocycles. The number of fused-ring (bicyclic) bond motifs is 1. The second-order valence-corrected chi connectivity index (χ2v) is 8.28. The summed E-state index contributed by atoms with van der Waals surface area (Å²) in [4.78, 5) is 17.7. The van der Waals surface area contributed by atoms with Crippen molar-refractivity contribution < 1.29 is 9.90 Å². The van der Waals surface area contributed by atoms with E-state index < -0.39 is 5.91 Å². The third-order valence-electron chi connectivity index (χ3n) is 4.84. The highest BCUT2D eigenvalue weighted by molar-refractivity contribution is 6.36. The number of phenolic OH excluding ortho intramolecular Hbond substituents is 1. The molecule has 0 spiro atoms. The molecule has 0 atom stereocenters. The predicted molar refractivity (Wildman–Crippen MR) is 130 cm³/mol. The number of aromatic nitrogens is 1. The van der Waals surface area contributed by atoms with Crippen molar-refractivity contribution >= 4 is 57.3 Å². The van der Waals surface area contributed by atoms with Gasteiger partial charge in [-0.25, -0.2) is 10.4 Å². The Labute approximate surface area is 199 Å². The van der Waals surface area contributed by atoms with Crippen molar-refractivity contribution in [2.24, 2.45) is 5.10 Å². The van der Waals surface area contributed by atoms with Gasteiger partial charge in [0.2, 0.25) is 0 Å². The number of para-hydroxylation sites is 1. The molecule has 0 bridgehead atoms. The number of halogens is 3. The molecule has 1 heterocycles. The van der Waals surface area contributed by atoms with Crippen LogP contribution in [0.15, 0.2) is 71.8 Å². The summed E-state index contributed by atoms with van der Waals surface area (Å²) in [6.45, 7) is 1.66. The van der Waals surface area contributed by atoms with Crippen molar-refractivity contribution in [3.05, 3.63) is 92.9 Å². The highest BCUT2D eigenvalue weighted by Gasteiger charge is 2.16. The highest BCUT2D eigenvalue weighted by atomic mass is 35.5. The first-order valence-corrected chi connectivity index (χ1v) is 10.7. The minimum absolute atomic E-state index is 0.0129. The van der Waals surface area contributed by atoms with Crippen LogP contribution < -0.4 is 5.43 Å². The maximum atomic E-state index is 13.1. The number of amides is 1. The topological polar surface area (TPSA) is 74.6 Å². The Balaban J connectivity index is 1.74. The number of nitrogens with zero attached hydrogens (tertiary/aromatic N) is 2. The first kappa shape index (κ1) is 22.1. The molecule has 0 aliphatic rings. The van der Waals surface area contributed by atoms with Gasteiger partial charge in [0.15, 0.2) is 0 Å². The molecule has 0 aliphatic heterocycles. The number of benzene rings is 3. The second kappa shape index (κ2) is 9.17. The van der Waals surface area contributed by atoms with Crippen molar-refractivity contribution in [1.82, 2.24) is 10.4 Å². The van der Waals surface area contributed by atoms with Crippen LogP contribution in [0.3, 0.4) is 0 Å². The second-order valence-electron chi connectivity index (χ2n) is 7.00. The Kier molecular flexibility index (Phi) is 6.33. The monoisotopic (exact) mass is 483 g/mol. The molecule has 0 fully saturated rings. The number of hydrogen-bond donors (Lipinski definition) is 2. The SMILES string of the molecule is CC(=NNC(=O)c1cc(-c2ccc(Cl)cc2Cl)nc2ccccc12)c1cc(Cl)ccc1O. The average molecular weight is 485 g/mol. The Bertz CT molecular complexity index is 1390. The summed E-state index contributed by atoms with van der Waals surface area (Å²) in [5.74, 6) is -0.422. The number of carbonyl (C=O) groups is 1. The Morgan fingerprint density at radius 1 is 0.938 bits per heavy atom. The molecular formula is C24H16Cl3N3O2. The highest BCUT2D eigenvalue weighted by Crippen LogP contribution is 2.32. The van der Waals surface area contributed by atoms with Crippen molar-refractivity contribution in [2.75, 3.05) is 0 Å². The smallest absolute Gasteiger partial charge is 0.272 e. The predicted octanol–water partition coefficient (Wildman–Crippen LogP) is 6.72. The van der Waals surface area contributed by atoms with E-state index in [-0.39, 0.29) is 5.75 Å². The van der Waals surface area contributed by atoms with Crippen LogP contribution in [0.4, 0.5) is 0 Å². The van der Waals surface area contributed by atoms with E-state index in [4.69, 9.17) is 34.8 Å². The summed E-state index contributed by atoms with van der Waals surface area (Å²) in [5.41, 5.74) is 5.57. The van der Waals surface area contributed by atoms with E-state index in [0.29, 0.717) is 54.1 Å². The summed E-state index contributed by atoms with van der Waals surface area (Å²) in [7, 11) is 0. The molecule has 4 aromatic rings. The van der Waals surface area contributed by atoms with Crippen molar-refractivity contribution in [3.8, 4) is 17.0 Å². The van der Waals surface area contributed by atoms with Crippen LogP contribution in [0.1, 0.15) is 22.8 Å². The molecule has 3 aromatic carbocycles. The summed E-state index contributed by atoms with van der Waals surface area (Å²) >= 11 is 18.4. The summed E-state index contributed by atoms with van der Waals surface area (Å²) in [5, 5.41) is 16.2. The fourth-order valence-electron chi connectivity index (χ4n) is 3.25. The summed E-state index contributed by atoms with van der Waals surface area (Å²) < 4.78 is 0. The van der Waals surface area contributed by atoms with Crippen LogP contribution in [-0.4, -0.2) is 21.7 Å². The lowest BCUT2D eigenvalue weighted by Gasteiger charge is -2.11. The van der Waals surface area contributed by atoms with Crippen LogP contribution in [0.25, 0.3) is 22.2 Å². The van der Waals surface area contributed by atoms with Gasteiger partial charge in [-0.05, 0) is 55.5 Å². The van der Waals surface area contributed by atoms with Crippen molar-refractivity contribution in [2.45, 2.75) is 6.92 Å². The molecule has 5 nitrogen and oxygen atoms in total. The number of phenols is 1. The van der Waals surface area contributed by atoms with Gasteiger partial charge < -0.3 is 5.11 Å². The zero-order valence-electron chi connectivity index (χ0n) is 16.7. The molecule has 0 saturated carbocycles. The molecule has 0 unspecified atom stereocenters. The fourth-order valence-corrected chi connectivity index (χ4v) is 3.93. The summed E-state index contributed by atoms with van der Waals surface area (Å²) in [6, 6.07) is 18.7. The average Bonchev–Trinajstić information content (AvgIpc) is 2.78. The Morgan fingerprint density at radius 2 is 1.66 bits per heavy atom. The minimum Gasteiger partial charge on any atom is -0.507 e. The number of pyridine rings is 1. The molecule has 8 heteroatoms. The van der Waals surface area contributed by atoms with Gasteiger partial charge in [0.1, 0.15) is 5.75 Å². The van der Waals surface area contributed by atoms with Gasteiger partial charge in [-0.15, -0.1) is 0 Å². The lowest BCUT2D eigenvalue weighted by atomic mass is 10.0. The van der Waals surface area contributed by atoms with Gasteiger partial charge in [-0.1, -0.05) is 53.0 Å². The van der Waals surface area contributed by atoms with Crippen molar-refractivity contribution in [1.29, 1.82) is 0 Å². The van der Waals surface area contributed by atoms with Gasteiger partial charge in [0.05, 0.1) is 27.5 Å². The van der Waals surface area contributed by atoms with Crippen LogP contribution in [0.2, 0.25) is 15.1 Å². The van der Waals surface area contributed by atoms with Gasteiger partial charge in [0, 0.05) is 26.6 Å². The molecular weight excluding hydrogens is 469 g/mol. The molecule has 160 valence electrons. The minimum atomic E-state index is -0.434. The first-order chi connectivity index (χ1) is 15.3. The zero-order valence-corrected chi connectivity index (χ0v) is 19.0. The van der Waals surface area contributed by atoms with Crippen LogP contribution in [0.5, 0.6) is 5.75 Å². The lowest BCUT2D eigenvalue weighted by molar-refractivity contribution is 0.0956. The number of aromatic hydroxyl groups is 1.